The number of aryl methyl sites for hydroxylation is 3. The summed E-state index contributed by atoms with van der Waals surface area (Å²) in [5.74, 6) is 0.715. The monoisotopic (exact) mass is 336 g/mol. The van der Waals surface area contributed by atoms with Crippen LogP contribution in [0.3, 0.4) is 0 Å². The molecule has 0 saturated carbocycles. The van der Waals surface area contributed by atoms with Crippen molar-refractivity contribution in [3.8, 4) is 28.0 Å². The average molecular weight is 336 g/mol. The van der Waals surface area contributed by atoms with E-state index in [1.807, 2.05) is 30.3 Å². The lowest BCUT2D eigenvalue weighted by atomic mass is 9.88. The summed E-state index contributed by atoms with van der Waals surface area (Å²) in [5, 5.41) is 0. The summed E-state index contributed by atoms with van der Waals surface area (Å²) in [6.45, 7) is 6.36. The molecule has 0 fully saturated rings. The zero-order chi connectivity index (χ0) is 17.1. The Balaban J connectivity index is 2.33. The van der Waals surface area contributed by atoms with Crippen LogP contribution in [0, 0.1) is 20.8 Å². The van der Waals surface area contributed by atoms with Gasteiger partial charge in [0.1, 0.15) is 5.75 Å². The third kappa shape index (κ3) is 3.21. The Morgan fingerprint density at radius 2 is 1.46 bits per heavy atom. The molecule has 122 valence electrons. The van der Waals surface area contributed by atoms with Crippen LogP contribution >= 0.6 is 9.03 Å². The Morgan fingerprint density at radius 1 is 0.792 bits per heavy atom. The van der Waals surface area contributed by atoms with Crippen molar-refractivity contribution >= 4 is 9.03 Å². The van der Waals surface area contributed by atoms with Gasteiger partial charge in [-0.05, 0) is 54.7 Å². The molecule has 0 spiro atoms. The fourth-order valence-corrected chi connectivity index (χ4v) is 3.62. The van der Waals surface area contributed by atoms with E-state index in [1.165, 1.54) is 22.3 Å². The van der Waals surface area contributed by atoms with Gasteiger partial charge in [-0.1, -0.05) is 60.2 Å². The number of hydrogen-bond donors (Lipinski definition) is 1. The molecule has 0 aliphatic rings. The molecule has 0 radical (unpaired) electrons. The fraction of sp³-hybridized carbons (Fsp3) is 0.143. The first-order chi connectivity index (χ1) is 11.6. The van der Waals surface area contributed by atoms with Gasteiger partial charge in [0.15, 0.2) is 0 Å². The lowest BCUT2D eigenvalue weighted by molar-refractivity contribution is 0.515. The van der Waals surface area contributed by atoms with Crippen LogP contribution < -0.4 is 4.52 Å². The normalized spacial score (nSPS) is 11.2. The summed E-state index contributed by atoms with van der Waals surface area (Å²) < 4.78 is 5.58. The van der Waals surface area contributed by atoms with Crippen molar-refractivity contribution in [2.75, 3.05) is 0 Å². The molecule has 2 nitrogen and oxygen atoms in total. The summed E-state index contributed by atoms with van der Waals surface area (Å²) in [4.78, 5) is 9.34. The van der Waals surface area contributed by atoms with Crippen LogP contribution in [0.15, 0.2) is 60.7 Å². The SMILES string of the molecule is Cc1cc(C)c(-c2c(OPO)cccc2-c2ccccc2)c(C)c1. The Bertz CT molecular complexity index is 834. The van der Waals surface area contributed by atoms with Gasteiger partial charge in [-0.3, -0.25) is 0 Å². The van der Waals surface area contributed by atoms with Crippen molar-refractivity contribution < 1.29 is 9.42 Å². The van der Waals surface area contributed by atoms with E-state index in [9.17, 15) is 4.89 Å². The largest absolute Gasteiger partial charge is 0.449 e. The summed E-state index contributed by atoms with van der Waals surface area (Å²) in [6, 6.07) is 20.7. The molecule has 1 N–H and O–H groups in total. The fourth-order valence-electron chi connectivity index (χ4n) is 3.36. The molecule has 0 aromatic heterocycles. The minimum atomic E-state index is -0.578. The van der Waals surface area contributed by atoms with Crippen LogP contribution in [0.1, 0.15) is 16.7 Å². The molecule has 3 heteroatoms. The molecule has 0 aliphatic carbocycles. The first kappa shape index (κ1) is 16.7. The van der Waals surface area contributed by atoms with Crippen LogP contribution in [-0.2, 0) is 0 Å². The molecule has 0 saturated heterocycles. The molecule has 1 unspecified atom stereocenters. The van der Waals surface area contributed by atoms with Crippen LogP contribution in [0.4, 0.5) is 0 Å². The molecular weight excluding hydrogens is 315 g/mol. The number of benzene rings is 3. The molecule has 0 bridgehead atoms. The van der Waals surface area contributed by atoms with Crippen molar-refractivity contribution in [2.45, 2.75) is 20.8 Å². The van der Waals surface area contributed by atoms with E-state index < -0.39 is 9.03 Å². The summed E-state index contributed by atoms with van der Waals surface area (Å²) in [6.07, 6.45) is 0. The van der Waals surface area contributed by atoms with Gasteiger partial charge >= 0.3 is 0 Å². The van der Waals surface area contributed by atoms with Crippen molar-refractivity contribution in [1.82, 2.24) is 0 Å². The third-order valence-electron chi connectivity index (χ3n) is 4.19. The third-order valence-corrected chi connectivity index (χ3v) is 4.50. The first-order valence-corrected chi connectivity index (χ1v) is 8.80. The second-order valence-electron chi connectivity index (χ2n) is 6.01. The van der Waals surface area contributed by atoms with Crippen LogP contribution in [0.5, 0.6) is 5.75 Å². The van der Waals surface area contributed by atoms with Crippen molar-refractivity contribution in [3.05, 3.63) is 77.4 Å². The molecule has 0 amide bonds. The van der Waals surface area contributed by atoms with Gasteiger partial charge < -0.3 is 9.42 Å². The molecular formula is C21H21O2P. The van der Waals surface area contributed by atoms with E-state index in [2.05, 4.69) is 51.1 Å². The molecule has 0 heterocycles. The number of rotatable bonds is 4. The van der Waals surface area contributed by atoms with Crippen LogP contribution in [0.2, 0.25) is 0 Å². The molecule has 1 atom stereocenters. The quantitative estimate of drug-likeness (QED) is 0.608. The van der Waals surface area contributed by atoms with Gasteiger partial charge in [0.25, 0.3) is 0 Å². The van der Waals surface area contributed by atoms with E-state index in [4.69, 9.17) is 4.52 Å². The summed E-state index contributed by atoms with van der Waals surface area (Å²) in [5.41, 5.74) is 8.13. The standard InChI is InChI=1S/C21H21O2P/c1-14-12-15(2)20(16(3)13-14)21-18(17-8-5-4-6-9-17)10-7-11-19(21)23-24-22/h4-13,22,24H,1-3H3. The van der Waals surface area contributed by atoms with Gasteiger partial charge in [0.05, 0.1) is 0 Å². The van der Waals surface area contributed by atoms with Gasteiger partial charge in [-0.15, -0.1) is 0 Å². The van der Waals surface area contributed by atoms with E-state index in [0.717, 1.165) is 16.7 Å². The van der Waals surface area contributed by atoms with Crippen molar-refractivity contribution in [3.63, 3.8) is 0 Å². The molecule has 3 aromatic carbocycles. The van der Waals surface area contributed by atoms with Crippen molar-refractivity contribution in [1.29, 1.82) is 0 Å². The highest BCUT2D eigenvalue weighted by atomic mass is 31.1. The molecule has 3 rings (SSSR count). The number of hydrogen-bond acceptors (Lipinski definition) is 2. The van der Waals surface area contributed by atoms with E-state index >= 15 is 0 Å². The molecule has 3 aromatic rings. The maximum absolute atomic E-state index is 9.34. The minimum Gasteiger partial charge on any atom is -0.449 e. The van der Waals surface area contributed by atoms with Crippen LogP contribution in [-0.4, -0.2) is 4.89 Å². The van der Waals surface area contributed by atoms with Gasteiger partial charge in [-0.2, -0.15) is 0 Å². The Kier molecular flexibility index (Phi) is 4.99. The highest BCUT2D eigenvalue weighted by Crippen LogP contribution is 2.43. The molecule has 0 aliphatic heterocycles. The Morgan fingerprint density at radius 3 is 2.08 bits per heavy atom. The topological polar surface area (TPSA) is 29.5 Å². The second-order valence-corrected chi connectivity index (χ2v) is 6.40. The zero-order valence-corrected chi connectivity index (χ0v) is 15.1. The van der Waals surface area contributed by atoms with E-state index in [0.29, 0.717) is 5.75 Å². The molecule has 24 heavy (non-hydrogen) atoms. The van der Waals surface area contributed by atoms with Gasteiger partial charge in [0.2, 0.25) is 9.03 Å². The maximum atomic E-state index is 9.34. The van der Waals surface area contributed by atoms with Gasteiger partial charge in [-0.25, -0.2) is 0 Å². The van der Waals surface area contributed by atoms with E-state index in [1.54, 1.807) is 0 Å². The summed E-state index contributed by atoms with van der Waals surface area (Å²) >= 11 is 0. The van der Waals surface area contributed by atoms with Crippen LogP contribution in [0.25, 0.3) is 22.3 Å². The van der Waals surface area contributed by atoms with E-state index in [-0.39, 0.29) is 0 Å². The predicted octanol–water partition coefficient (Wildman–Crippen LogP) is 5.83. The smallest absolute Gasteiger partial charge is 0.212 e. The minimum absolute atomic E-state index is 0.578. The average Bonchev–Trinajstić information content (AvgIpc) is 2.56. The van der Waals surface area contributed by atoms with Crippen molar-refractivity contribution in [2.24, 2.45) is 0 Å². The Labute approximate surface area is 145 Å². The first-order valence-electron chi connectivity index (χ1n) is 7.94. The highest BCUT2D eigenvalue weighted by Gasteiger charge is 2.17. The lowest BCUT2D eigenvalue weighted by Crippen LogP contribution is -1.95. The maximum Gasteiger partial charge on any atom is 0.212 e. The zero-order valence-electron chi connectivity index (χ0n) is 14.1. The van der Waals surface area contributed by atoms with Gasteiger partial charge in [0, 0.05) is 5.56 Å². The second kappa shape index (κ2) is 7.17. The predicted molar refractivity (Wildman–Crippen MR) is 103 cm³/mol. The summed E-state index contributed by atoms with van der Waals surface area (Å²) in [7, 11) is -0.578. The lowest BCUT2D eigenvalue weighted by Gasteiger charge is -2.19. The Hall–Kier alpha value is -2.15. The highest BCUT2D eigenvalue weighted by molar-refractivity contribution is 7.25.